The van der Waals surface area contributed by atoms with Gasteiger partial charge in [-0.05, 0) is 75.5 Å². The van der Waals surface area contributed by atoms with Crippen LogP contribution in [0.5, 0.6) is 0 Å². The highest BCUT2D eigenvalue weighted by molar-refractivity contribution is 6.13. The lowest BCUT2D eigenvalue weighted by Crippen LogP contribution is -2.03. The van der Waals surface area contributed by atoms with Crippen LogP contribution < -0.4 is 0 Å². The molecule has 0 aliphatic carbocycles. The molecule has 0 fully saturated rings. The van der Waals surface area contributed by atoms with Crippen molar-refractivity contribution in [2.45, 2.75) is 0 Å². The number of nitrogens with zero attached hydrogens (tertiary/aromatic N) is 4. The van der Waals surface area contributed by atoms with Gasteiger partial charge in [0.2, 0.25) is 11.8 Å². The number of hydrogen-bond acceptors (Lipinski definition) is 4. The van der Waals surface area contributed by atoms with Crippen LogP contribution in [0.15, 0.2) is 186 Å². The second kappa shape index (κ2) is 12.1. The number of oxazole rings is 1. The van der Waals surface area contributed by atoms with Crippen molar-refractivity contribution in [3.8, 4) is 50.9 Å². The normalized spacial score (nSPS) is 11.7. The smallest absolute Gasteiger partial charge is 0.235 e. The number of rotatable bonds is 5. The molecular weight excluding hydrogens is 661 g/mol. The first kappa shape index (κ1) is 30.3. The molecule has 0 amide bonds. The fourth-order valence-corrected chi connectivity index (χ4v) is 7.84. The molecule has 0 N–H and O–H groups in total. The van der Waals surface area contributed by atoms with Crippen molar-refractivity contribution in [1.82, 2.24) is 19.5 Å². The minimum Gasteiger partial charge on any atom is -0.436 e. The van der Waals surface area contributed by atoms with Gasteiger partial charge < -0.3 is 4.42 Å². The standard InChI is InChI=1S/C49H30N4O/c1-3-12-31(13-4-1)36-26-27-44-40(28-36)41-29-46-43(50-48(54-46)35-15-5-2-6-16-35)30-45(41)53(44)49-51-42-21-10-9-19-39(42)47(52-49)34-24-22-33(23-25-34)38-20-11-17-32-14-7-8-18-37(32)38/h1-30H. The zero-order valence-electron chi connectivity index (χ0n) is 29.0. The third kappa shape index (κ3) is 4.90. The van der Waals surface area contributed by atoms with E-state index in [9.17, 15) is 0 Å². The summed E-state index contributed by atoms with van der Waals surface area (Å²) in [5.41, 5.74) is 11.9. The van der Waals surface area contributed by atoms with Gasteiger partial charge in [0.25, 0.3) is 0 Å². The molecule has 5 heteroatoms. The molecule has 252 valence electrons. The maximum atomic E-state index is 6.39. The Hall–Kier alpha value is -7.37. The van der Waals surface area contributed by atoms with Crippen LogP contribution in [0.1, 0.15) is 0 Å². The molecule has 11 aromatic rings. The van der Waals surface area contributed by atoms with Crippen LogP contribution in [-0.4, -0.2) is 19.5 Å². The molecular formula is C49H30N4O. The first-order valence-electron chi connectivity index (χ1n) is 18.1. The summed E-state index contributed by atoms with van der Waals surface area (Å²) in [5.74, 6) is 1.19. The second-order valence-corrected chi connectivity index (χ2v) is 13.6. The molecule has 0 spiro atoms. The van der Waals surface area contributed by atoms with Gasteiger partial charge >= 0.3 is 0 Å². The molecule has 0 aliphatic heterocycles. The molecule has 5 nitrogen and oxygen atoms in total. The number of aromatic nitrogens is 4. The topological polar surface area (TPSA) is 56.7 Å². The van der Waals surface area contributed by atoms with Gasteiger partial charge in [0.15, 0.2) is 5.58 Å². The van der Waals surface area contributed by atoms with E-state index in [1.165, 1.54) is 16.3 Å². The van der Waals surface area contributed by atoms with Crippen LogP contribution in [0, 0.1) is 0 Å². The molecule has 0 saturated carbocycles. The monoisotopic (exact) mass is 690 g/mol. The Bertz CT molecular complexity index is 3190. The fraction of sp³-hybridized carbons (Fsp3) is 0. The number of hydrogen-bond donors (Lipinski definition) is 0. The fourth-order valence-electron chi connectivity index (χ4n) is 7.84. The molecule has 0 atom stereocenters. The average Bonchev–Trinajstić information content (AvgIpc) is 3.81. The van der Waals surface area contributed by atoms with Crippen LogP contribution in [0.25, 0.3) is 105 Å². The average molecular weight is 691 g/mol. The van der Waals surface area contributed by atoms with Crippen molar-refractivity contribution in [2.75, 3.05) is 0 Å². The second-order valence-electron chi connectivity index (χ2n) is 13.6. The number of fused-ring (bicyclic) bond motifs is 6. The summed E-state index contributed by atoms with van der Waals surface area (Å²) >= 11 is 0. The van der Waals surface area contributed by atoms with Crippen molar-refractivity contribution in [3.63, 3.8) is 0 Å². The summed E-state index contributed by atoms with van der Waals surface area (Å²) in [4.78, 5) is 15.6. The Kier molecular flexibility index (Phi) is 6.79. The molecule has 0 radical (unpaired) electrons. The zero-order valence-corrected chi connectivity index (χ0v) is 29.0. The summed E-state index contributed by atoms with van der Waals surface area (Å²) in [6, 6.07) is 63.4. The van der Waals surface area contributed by atoms with E-state index in [2.05, 4.69) is 144 Å². The highest BCUT2D eigenvalue weighted by Gasteiger charge is 2.20. The molecule has 0 unspecified atom stereocenters. The van der Waals surface area contributed by atoms with E-state index in [0.29, 0.717) is 11.8 Å². The highest BCUT2D eigenvalue weighted by Crippen LogP contribution is 2.39. The lowest BCUT2D eigenvalue weighted by Gasteiger charge is -2.13. The summed E-state index contributed by atoms with van der Waals surface area (Å²) < 4.78 is 8.57. The molecule has 0 bridgehead atoms. The first-order chi connectivity index (χ1) is 26.7. The molecule has 0 aliphatic rings. The summed E-state index contributed by atoms with van der Waals surface area (Å²) in [7, 11) is 0. The summed E-state index contributed by atoms with van der Waals surface area (Å²) in [5, 5.41) is 5.60. The van der Waals surface area contributed by atoms with E-state index in [1.54, 1.807) is 0 Å². The van der Waals surface area contributed by atoms with Crippen molar-refractivity contribution in [1.29, 1.82) is 0 Å². The SMILES string of the molecule is c1ccc(-c2ccc3c(c2)c2cc4oc(-c5ccccc5)nc4cc2n3-c2nc(-c3ccc(-c4cccc5ccccc45)cc3)c3ccccc3n2)cc1. The van der Waals surface area contributed by atoms with Gasteiger partial charge in [-0.15, -0.1) is 0 Å². The first-order valence-corrected chi connectivity index (χ1v) is 18.1. The van der Waals surface area contributed by atoms with Crippen LogP contribution in [0.4, 0.5) is 0 Å². The lowest BCUT2D eigenvalue weighted by molar-refractivity contribution is 0.620. The Morgan fingerprint density at radius 2 is 1.06 bits per heavy atom. The van der Waals surface area contributed by atoms with Crippen LogP contribution in [-0.2, 0) is 0 Å². The predicted molar refractivity (Wildman–Crippen MR) is 221 cm³/mol. The molecule has 3 aromatic heterocycles. The quantitative estimate of drug-likeness (QED) is 0.180. The molecule has 0 saturated heterocycles. The van der Waals surface area contributed by atoms with Crippen molar-refractivity contribution in [2.24, 2.45) is 0 Å². The van der Waals surface area contributed by atoms with Gasteiger partial charge in [-0.1, -0.05) is 140 Å². The Morgan fingerprint density at radius 1 is 0.389 bits per heavy atom. The Labute approximate surface area is 310 Å². The predicted octanol–water partition coefficient (Wildman–Crippen LogP) is 12.7. The van der Waals surface area contributed by atoms with E-state index in [4.69, 9.17) is 19.4 Å². The number of benzene rings is 8. The van der Waals surface area contributed by atoms with Gasteiger partial charge in [0.1, 0.15) is 5.52 Å². The van der Waals surface area contributed by atoms with E-state index < -0.39 is 0 Å². The summed E-state index contributed by atoms with van der Waals surface area (Å²) in [6.07, 6.45) is 0. The van der Waals surface area contributed by atoms with E-state index >= 15 is 0 Å². The van der Waals surface area contributed by atoms with Gasteiger partial charge in [0, 0.05) is 27.3 Å². The Morgan fingerprint density at radius 3 is 1.89 bits per heavy atom. The van der Waals surface area contributed by atoms with Gasteiger partial charge in [0.05, 0.1) is 22.2 Å². The maximum Gasteiger partial charge on any atom is 0.235 e. The van der Waals surface area contributed by atoms with Crippen LogP contribution >= 0.6 is 0 Å². The largest absolute Gasteiger partial charge is 0.436 e. The Balaban J connectivity index is 1.13. The van der Waals surface area contributed by atoms with Gasteiger partial charge in [-0.25, -0.2) is 15.0 Å². The minimum absolute atomic E-state index is 0.593. The molecule has 3 heterocycles. The van der Waals surface area contributed by atoms with Gasteiger partial charge in [-0.2, -0.15) is 0 Å². The molecule has 11 rings (SSSR count). The van der Waals surface area contributed by atoms with E-state index in [-0.39, 0.29) is 0 Å². The molecule has 54 heavy (non-hydrogen) atoms. The third-order valence-electron chi connectivity index (χ3n) is 10.5. The van der Waals surface area contributed by atoms with Crippen molar-refractivity contribution in [3.05, 3.63) is 182 Å². The summed E-state index contributed by atoms with van der Waals surface area (Å²) in [6.45, 7) is 0. The maximum absolute atomic E-state index is 6.39. The van der Waals surface area contributed by atoms with Crippen LogP contribution in [0.2, 0.25) is 0 Å². The van der Waals surface area contributed by atoms with E-state index in [1.807, 2.05) is 42.5 Å². The molecule has 8 aromatic carbocycles. The van der Waals surface area contributed by atoms with Crippen LogP contribution in [0.3, 0.4) is 0 Å². The highest BCUT2D eigenvalue weighted by atomic mass is 16.3. The zero-order chi connectivity index (χ0) is 35.6. The van der Waals surface area contributed by atoms with E-state index in [0.717, 1.165) is 77.3 Å². The van der Waals surface area contributed by atoms with Crippen molar-refractivity contribution >= 4 is 54.6 Å². The third-order valence-corrected chi connectivity index (χ3v) is 10.5. The number of para-hydroxylation sites is 1. The van der Waals surface area contributed by atoms with Gasteiger partial charge in [-0.3, -0.25) is 4.57 Å². The lowest BCUT2D eigenvalue weighted by atomic mass is 9.96. The minimum atomic E-state index is 0.593. The van der Waals surface area contributed by atoms with Crippen molar-refractivity contribution < 1.29 is 4.42 Å².